The molecule has 1 saturated heterocycles. The molecule has 22 heavy (non-hydrogen) atoms. The number of carbonyl (C=O) groups is 1. The number of hydrogen-bond donors (Lipinski definition) is 0. The molecule has 0 unspecified atom stereocenters. The Labute approximate surface area is 137 Å². The van der Waals surface area contributed by atoms with E-state index in [2.05, 4.69) is 19.5 Å². The van der Waals surface area contributed by atoms with Gasteiger partial charge in [-0.1, -0.05) is 4.49 Å². The standard InChI is InChI=1S/C14H18N4O2S2/c1-2-20-14(19)12-9-21-13(15-12)10-3-5-18(6-4-10)7-11-8-22-17-16-11/h8-10H,2-7H2,1H3. The summed E-state index contributed by atoms with van der Waals surface area (Å²) in [7, 11) is 0. The number of hydrogen-bond acceptors (Lipinski definition) is 8. The largest absolute Gasteiger partial charge is 0.461 e. The Morgan fingerprint density at radius 3 is 2.91 bits per heavy atom. The van der Waals surface area contributed by atoms with Gasteiger partial charge in [-0.15, -0.1) is 16.4 Å². The zero-order valence-corrected chi connectivity index (χ0v) is 14.0. The van der Waals surface area contributed by atoms with Crippen LogP contribution in [0.2, 0.25) is 0 Å². The molecule has 2 aromatic rings. The maximum atomic E-state index is 11.7. The third-order valence-electron chi connectivity index (χ3n) is 3.73. The maximum absolute atomic E-state index is 11.7. The number of aromatic nitrogens is 3. The number of likely N-dealkylation sites (tertiary alicyclic amines) is 1. The van der Waals surface area contributed by atoms with E-state index in [1.54, 1.807) is 23.6 Å². The monoisotopic (exact) mass is 338 g/mol. The van der Waals surface area contributed by atoms with Crippen LogP contribution < -0.4 is 0 Å². The first-order chi connectivity index (χ1) is 10.8. The van der Waals surface area contributed by atoms with Crippen molar-refractivity contribution < 1.29 is 9.53 Å². The minimum atomic E-state index is -0.321. The summed E-state index contributed by atoms with van der Waals surface area (Å²) in [4.78, 5) is 18.5. The number of piperidine rings is 1. The molecule has 2 aromatic heterocycles. The fourth-order valence-corrected chi connectivity index (χ4v) is 4.00. The Morgan fingerprint density at radius 2 is 2.23 bits per heavy atom. The smallest absolute Gasteiger partial charge is 0.357 e. The van der Waals surface area contributed by atoms with Crippen molar-refractivity contribution in [2.75, 3.05) is 19.7 Å². The van der Waals surface area contributed by atoms with E-state index in [1.165, 1.54) is 11.5 Å². The van der Waals surface area contributed by atoms with Gasteiger partial charge >= 0.3 is 5.97 Å². The highest BCUT2D eigenvalue weighted by molar-refractivity contribution is 7.09. The van der Waals surface area contributed by atoms with E-state index in [9.17, 15) is 4.79 Å². The van der Waals surface area contributed by atoms with E-state index in [0.29, 0.717) is 18.2 Å². The maximum Gasteiger partial charge on any atom is 0.357 e. The van der Waals surface area contributed by atoms with Crippen LogP contribution in [-0.2, 0) is 11.3 Å². The first kappa shape index (κ1) is 15.5. The van der Waals surface area contributed by atoms with Crippen molar-refractivity contribution in [2.45, 2.75) is 32.2 Å². The summed E-state index contributed by atoms with van der Waals surface area (Å²) in [6.07, 6.45) is 2.13. The van der Waals surface area contributed by atoms with Crippen LogP contribution in [-0.4, -0.2) is 45.1 Å². The molecule has 118 valence electrons. The van der Waals surface area contributed by atoms with Crippen molar-refractivity contribution in [3.63, 3.8) is 0 Å². The first-order valence-electron chi connectivity index (χ1n) is 7.37. The van der Waals surface area contributed by atoms with Crippen LogP contribution in [0.15, 0.2) is 10.8 Å². The van der Waals surface area contributed by atoms with Crippen molar-refractivity contribution >= 4 is 28.8 Å². The zero-order chi connectivity index (χ0) is 15.4. The van der Waals surface area contributed by atoms with Gasteiger partial charge in [-0.2, -0.15) is 0 Å². The lowest BCUT2D eigenvalue weighted by Crippen LogP contribution is -2.32. The SMILES string of the molecule is CCOC(=O)c1csc(C2CCN(Cc3csnn3)CC2)n1. The molecular weight excluding hydrogens is 320 g/mol. The number of rotatable bonds is 5. The lowest BCUT2D eigenvalue weighted by atomic mass is 9.97. The molecule has 0 aromatic carbocycles. The third-order valence-corrected chi connectivity index (χ3v) is 5.29. The van der Waals surface area contributed by atoms with Crippen LogP contribution in [0.25, 0.3) is 0 Å². The Balaban J connectivity index is 1.54. The Morgan fingerprint density at radius 1 is 1.41 bits per heavy atom. The number of ether oxygens (including phenoxy) is 1. The number of esters is 1. The molecule has 6 nitrogen and oxygen atoms in total. The number of carbonyl (C=O) groups excluding carboxylic acids is 1. The van der Waals surface area contributed by atoms with Gasteiger partial charge in [0.25, 0.3) is 0 Å². The van der Waals surface area contributed by atoms with Gasteiger partial charge in [0.1, 0.15) is 0 Å². The summed E-state index contributed by atoms with van der Waals surface area (Å²) >= 11 is 2.96. The second-order valence-corrected chi connectivity index (χ2v) is 6.74. The molecule has 0 aliphatic carbocycles. The Bertz CT molecular complexity index is 606. The van der Waals surface area contributed by atoms with E-state index < -0.39 is 0 Å². The average molecular weight is 338 g/mol. The molecule has 0 spiro atoms. The predicted molar refractivity (Wildman–Crippen MR) is 85.2 cm³/mol. The van der Waals surface area contributed by atoms with Gasteiger partial charge in [-0.3, -0.25) is 4.90 Å². The van der Waals surface area contributed by atoms with Crippen molar-refractivity contribution in [3.05, 3.63) is 27.2 Å². The highest BCUT2D eigenvalue weighted by Crippen LogP contribution is 2.30. The van der Waals surface area contributed by atoms with E-state index in [-0.39, 0.29) is 5.97 Å². The van der Waals surface area contributed by atoms with E-state index in [4.69, 9.17) is 4.74 Å². The van der Waals surface area contributed by atoms with Crippen LogP contribution in [0.5, 0.6) is 0 Å². The number of nitrogens with zero attached hydrogens (tertiary/aromatic N) is 4. The lowest BCUT2D eigenvalue weighted by molar-refractivity contribution is 0.0520. The highest BCUT2D eigenvalue weighted by atomic mass is 32.1. The Hall–Kier alpha value is -1.38. The van der Waals surface area contributed by atoms with E-state index in [1.807, 2.05) is 5.38 Å². The van der Waals surface area contributed by atoms with Gasteiger partial charge in [0.2, 0.25) is 0 Å². The normalized spacial score (nSPS) is 16.8. The molecule has 0 N–H and O–H groups in total. The summed E-state index contributed by atoms with van der Waals surface area (Å²) < 4.78 is 8.89. The molecule has 3 heterocycles. The Kier molecular flexibility index (Phi) is 5.12. The van der Waals surface area contributed by atoms with Crippen molar-refractivity contribution in [3.8, 4) is 0 Å². The molecule has 0 amide bonds. The molecule has 1 fully saturated rings. The second-order valence-electron chi connectivity index (χ2n) is 5.24. The minimum Gasteiger partial charge on any atom is -0.461 e. The molecule has 8 heteroatoms. The van der Waals surface area contributed by atoms with Gasteiger partial charge in [-0.25, -0.2) is 9.78 Å². The molecule has 0 saturated carbocycles. The van der Waals surface area contributed by atoms with Gasteiger partial charge in [0.15, 0.2) is 5.69 Å². The van der Waals surface area contributed by atoms with E-state index in [0.717, 1.165) is 43.2 Å². The van der Waals surface area contributed by atoms with Crippen LogP contribution in [0.1, 0.15) is 46.9 Å². The van der Waals surface area contributed by atoms with Crippen molar-refractivity contribution in [1.29, 1.82) is 0 Å². The minimum absolute atomic E-state index is 0.321. The molecule has 3 rings (SSSR count). The molecule has 1 aliphatic heterocycles. The highest BCUT2D eigenvalue weighted by Gasteiger charge is 2.24. The van der Waals surface area contributed by atoms with E-state index >= 15 is 0 Å². The first-order valence-corrected chi connectivity index (χ1v) is 9.08. The summed E-state index contributed by atoms with van der Waals surface area (Å²) in [5.74, 6) is 0.122. The molecule has 1 aliphatic rings. The summed E-state index contributed by atoms with van der Waals surface area (Å²) in [5.41, 5.74) is 1.49. The van der Waals surface area contributed by atoms with Crippen molar-refractivity contribution in [1.82, 2.24) is 19.5 Å². The van der Waals surface area contributed by atoms with Gasteiger partial charge in [-0.05, 0) is 44.4 Å². The summed E-state index contributed by atoms with van der Waals surface area (Å²) in [6, 6.07) is 0. The molecule has 0 radical (unpaired) electrons. The average Bonchev–Trinajstić information content (AvgIpc) is 3.19. The van der Waals surface area contributed by atoms with Crippen LogP contribution in [0.3, 0.4) is 0 Å². The summed E-state index contributed by atoms with van der Waals surface area (Å²) in [6.45, 7) is 5.11. The zero-order valence-electron chi connectivity index (χ0n) is 12.4. The van der Waals surface area contributed by atoms with Crippen LogP contribution in [0, 0.1) is 0 Å². The molecular formula is C14H18N4O2S2. The van der Waals surface area contributed by atoms with Gasteiger partial charge in [0, 0.05) is 23.2 Å². The fraction of sp³-hybridized carbons (Fsp3) is 0.571. The molecule has 0 bridgehead atoms. The van der Waals surface area contributed by atoms with Gasteiger partial charge in [0.05, 0.1) is 17.3 Å². The topological polar surface area (TPSA) is 68.2 Å². The van der Waals surface area contributed by atoms with Gasteiger partial charge < -0.3 is 4.74 Å². The second kappa shape index (κ2) is 7.26. The third kappa shape index (κ3) is 3.68. The number of thiazole rings is 1. The van der Waals surface area contributed by atoms with Crippen LogP contribution in [0.4, 0.5) is 0 Å². The lowest BCUT2D eigenvalue weighted by Gasteiger charge is -2.30. The quantitative estimate of drug-likeness (QED) is 0.781. The van der Waals surface area contributed by atoms with Crippen molar-refractivity contribution in [2.24, 2.45) is 0 Å². The fourth-order valence-electron chi connectivity index (χ4n) is 2.59. The molecule has 0 atom stereocenters. The summed E-state index contributed by atoms with van der Waals surface area (Å²) in [5, 5.41) is 8.95. The van der Waals surface area contributed by atoms with Crippen LogP contribution >= 0.6 is 22.9 Å². The predicted octanol–water partition coefficient (Wildman–Crippen LogP) is 2.55.